The van der Waals surface area contributed by atoms with Gasteiger partial charge >= 0.3 is 0 Å². The van der Waals surface area contributed by atoms with Crippen molar-refractivity contribution in [2.45, 2.75) is 24.6 Å². The van der Waals surface area contributed by atoms with Crippen molar-refractivity contribution in [2.75, 3.05) is 0 Å². The molecule has 41 heavy (non-hydrogen) atoms. The van der Waals surface area contributed by atoms with Gasteiger partial charge in [0.2, 0.25) is 0 Å². The maximum atomic E-state index is 2.30. The zero-order valence-electron chi connectivity index (χ0n) is 22.9. The molecule has 0 aromatic heterocycles. The largest absolute Gasteiger partial charge is 0.0898 e. The minimum Gasteiger partial charge on any atom is -0.0898 e. The van der Waals surface area contributed by atoms with Gasteiger partial charge in [-0.25, -0.2) is 0 Å². The van der Waals surface area contributed by atoms with Crippen molar-refractivity contribution in [3.05, 3.63) is 182 Å². The summed E-state index contributed by atoms with van der Waals surface area (Å²) in [5, 5.41) is 0. The molecule has 4 aromatic rings. The van der Waals surface area contributed by atoms with Crippen LogP contribution in [0.1, 0.15) is 22.3 Å². The van der Waals surface area contributed by atoms with Crippen LogP contribution in [0.2, 0.25) is 0 Å². The topological polar surface area (TPSA) is 0 Å². The SMILES string of the molecule is [CH]1[CH][CH][C](P2Cc3ccccc3-c3ccccc3C2)[CH]1.[CH]1[CH][CH][C](P2Cc3ccccc3-c3ccccc3C2)[CH]1.[Fe]. The van der Waals surface area contributed by atoms with Crippen LogP contribution in [0.25, 0.3) is 22.3 Å². The number of hydrogen-bond acceptors (Lipinski definition) is 0. The van der Waals surface area contributed by atoms with Gasteiger partial charge in [-0.15, -0.1) is 0 Å². The summed E-state index contributed by atoms with van der Waals surface area (Å²) < 4.78 is 0. The predicted molar refractivity (Wildman–Crippen MR) is 173 cm³/mol. The van der Waals surface area contributed by atoms with Crippen LogP contribution >= 0.6 is 15.8 Å². The molecule has 0 unspecified atom stereocenters. The van der Waals surface area contributed by atoms with Crippen LogP contribution in [0, 0.1) is 62.7 Å². The molecule has 2 fully saturated rings. The van der Waals surface area contributed by atoms with Gasteiger partial charge < -0.3 is 0 Å². The Balaban J connectivity index is 0.000000144. The standard InChI is InChI=1S/2C19H16P.Fe/c2*1-5-11-18-15(7-1)13-20(17-9-3-4-10-17)14-16-8-2-6-12-19(16)18;/h2*1-12H,13-14H2;. The Hall–Kier alpha value is -1.74. The first kappa shape index (κ1) is 29.3. The first-order valence-electron chi connectivity index (χ1n) is 14.1. The van der Waals surface area contributed by atoms with Crippen LogP contribution in [-0.4, -0.2) is 0 Å². The molecule has 4 aliphatic rings. The van der Waals surface area contributed by atoms with E-state index in [-0.39, 0.29) is 32.9 Å². The minimum atomic E-state index is -0.130. The molecule has 8 rings (SSSR count). The van der Waals surface area contributed by atoms with E-state index in [2.05, 4.69) is 148 Å². The van der Waals surface area contributed by atoms with Crippen molar-refractivity contribution in [1.82, 2.24) is 0 Å². The normalized spacial score (nSPS) is 18.9. The Morgan fingerprint density at radius 3 is 0.854 bits per heavy atom. The molecule has 0 atom stereocenters. The third kappa shape index (κ3) is 6.46. The molecule has 2 aliphatic heterocycles. The third-order valence-corrected chi connectivity index (χ3v) is 13.1. The van der Waals surface area contributed by atoms with E-state index < -0.39 is 0 Å². The van der Waals surface area contributed by atoms with Crippen LogP contribution in [0.3, 0.4) is 0 Å². The average Bonchev–Trinajstić information content (AvgIpc) is 3.69. The molecule has 0 spiro atoms. The number of rotatable bonds is 2. The van der Waals surface area contributed by atoms with Gasteiger partial charge in [0.25, 0.3) is 0 Å². The van der Waals surface area contributed by atoms with Crippen LogP contribution in [0.15, 0.2) is 97.1 Å². The molecule has 0 nitrogen and oxygen atoms in total. The van der Waals surface area contributed by atoms with Crippen LogP contribution < -0.4 is 0 Å². The summed E-state index contributed by atoms with van der Waals surface area (Å²) in [6, 6.07) is 35.6. The van der Waals surface area contributed by atoms with Crippen molar-refractivity contribution < 1.29 is 17.1 Å². The minimum absolute atomic E-state index is 0. The van der Waals surface area contributed by atoms with Gasteiger partial charge in [-0.2, -0.15) is 0 Å². The van der Waals surface area contributed by atoms with Gasteiger partial charge in [0, 0.05) is 28.4 Å². The van der Waals surface area contributed by atoms with Gasteiger partial charge in [0.15, 0.2) is 0 Å². The average molecular weight is 606 g/mol. The second kappa shape index (κ2) is 13.7. The molecule has 10 radical (unpaired) electrons. The number of hydrogen-bond donors (Lipinski definition) is 0. The first-order chi connectivity index (χ1) is 19.8. The van der Waals surface area contributed by atoms with Crippen LogP contribution in [0.4, 0.5) is 0 Å². The molecule has 0 saturated heterocycles. The molecule has 0 bridgehead atoms. The van der Waals surface area contributed by atoms with E-state index in [0.29, 0.717) is 0 Å². The van der Waals surface area contributed by atoms with Gasteiger partial charge in [-0.1, -0.05) is 113 Å². The molecule has 0 amide bonds. The number of benzene rings is 4. The van der Waals surface area contributed by atoms with E-state index in [1.165, 1.54) is 80.5 Å². The van der Waals surface area contributed by atoms with Crippen molar-refractivity contribution in [3.63, 3.8) is 0 Å². The summed E-state index contributed by atoms with van der Waals surface area (Å²) in [7, 11) is -0.259. The quantitative estimate of drug-likeness (QED) is 0.157. The Morgan fingerprint density at radius 1 is 0.341 bits per heavy atom. The van der Waals surface area contributed by atoms with Gasteiger partial charge in [0.05, 0.1) is 0 Å². The molecule has 2 heterocycles. The second-order valence-electron chi connectivity index (χ2n) is 10.6. The Morgan fingerprint density at radius 2 is 0.585 bits per heavy atom. The Kier molecular flexibility index (Phi) is 9.80. The van der Waals surface area contributed by atoms with Gasteiger partial charge in [-0.05, 0) is 121 Å². The monoisotopic (exact) mass is 606 g/mol. The fourth-order valence-electron chi connectivity index (χ4n) is 6.13. The first-order valence-corrected chi connectivity index (χ1v) is 17.5. The second-order valence-corrected chi connectivity index (χ2v) is 15.1. The maximum Gasteiger partial charge on any atom is 0.00813 e. The van der Waals surface area contributed by atoms with E-state index >= 15 is 0 Å². The molecular weight excluding hydrogens is 574 g/mol. The number of fused-ring (bicyclic) bond motifs is 6. The fraction of sp³-hybridized carbons (Fsp3) is 0.105. The van der Waals surface area contributed by atoms with E-state index in [0.717, 1.165) is 0 Å². The zero-order valence-corrected chi connectivity index (χ0v) is 25.8. The van der Waals surface area contributed by atoms with Crippen molar-refractivity contribution in [2.24, 2.45) is 0 Å². The molecule has 2 saturated carbocycles. The summed E-state index contributed by atoms with van der Waals surface area (Å²) in [5.74, 6) is 0. The fourth-order valence-corrected chi connectivity index (χ4v) is 11.0. The summed E-state index contributed by atoms with van der Waals surface area (Å²) in [5.41, 5.74) is 14.8. The smallest absolute Gasteiger partial charge is 0.00813 e. The molecule has 3 heteroatoms. The van der Waals surface area contributed by atoms with E-state index in [1.807, 2.05) is 0 Å². The Bertz CT molecular complexity index is 1240. The van der Waals surface area contributed by atoms with E-state index in [4.69, 9.17) is 0 Å². The Labute approximate surface area is 260 Å². The summed E-state index contributed by atoms with van der Waals surface area (Å²) in [4.78, 5) is 0. The maximum absolute atomic E-state index is 2.30. The predicted octanol–water partition coefficient (Wildman–Crippen LogP) is 10.4. The summed E-state index contributed by atoms with van der Waals surface area (Å²) >= 11 is 0. The van der Waals surface area contributed by atoms with Gasteiger partial charge in [-0.3, -0.25) is 0 Å². The van der Waals surface area contributed by atoms with E-state index in [9.17, 15) is 0 Å². The van der Waals surface area contributed by atoms with Crippen molar-refractivity contribution >= 4 is 15.8 Å². The molecule has 202 valence electrons. The summed E-state index contributed by atoms with van der Waals surface area (Å²) in [6.07, 6.45) is 22.6. The van der Waals surface area contributed by atoms with Gasteiger partial charge in [0.1, 0.15) is 0 Å². The molecule has 0 N–H and O–H groups in total. The van der Waals surface area contributed by atoms with Crippen molar-refractivity contribution in [3.8, 4) is 22.3 Å². The van der Waals surface area contributed by atoms with Crippen LogP contribution in [-0.2, 0) is 41.7 Å². The molecular formula is C38H32FeP2. The third-order valence-electron chi connectivity index (χ3n) is 8.12. The molecule has 2 aliphatic carbocycles. The van der Waals surface area contributed by atoms with Crippen LogP contribution in [0.5, 0.6) is 0 Å². The summed E-state index contributed by atoms with van der Waals surface area (Å²) in [6.45, 7) is 0. The van der Waals surface area contributed by atoms with Crippen molar-refractivity contribution in [1.29, 1.82) is 0 Å². The molecule has 4 aromatic carbocycles. The zero-order chi connectivity index (χ0) is 26.7. The van der Waals surface area contributed by atoms with E-state index in [1.54, 1.807) is 0 Å².